The van der Waals surface area contributed by atoms with Crippen molar-refractivity contribution < 1.29 is 4.79 Å². The molecule has 0 aliphatic carbocycles. The van der Waals surface area contributed by atoms with E-state index in [9.17, 15) is 4.79 Å². The van der Waals surface area contributed by atoms with Crippen molar-refractivity contribution in [1.82, 2.24) is 15.1 Å². The lowest BCUT2D eigenvalue weighted by Crippen LogP contribution is -2.47. The van der Waals surface area contributed by atoms with Gasteiger partial charge in [-0.2, -0.15) is 0 Å². The van der Waals surface area contributed by atoms with Crippen LogP contribution in [0.2, 0.25) is 5.02 Å². The van der Waals surface area contributed by atoms with Gasteiger partial charge in [-0.1, -0.05) is 29.8 Å². The predicted molar refractivity (Wildman–Crippen MR) is 77.2 cm³/mol. The summed E-state index contributed by atoms with van der Waals surface area (Å²) in [7, 11) is 1.83. The number of benzene rings is 1. The highest BCUT2D eigenvalue weighted by Gasteiger charge is 2.16. The van der Waals surface area contributed by atoms with Gasteiger partial charge in [0.25, 0.3) is 0 Å². The standard InChI is InChI=1S/C14H20ClN3O/c1-17(10-12-4-2-3-5-13(12)15)14(19)11-18-8-6-16-7-9-18/h2-5,16H,6-11H2,1H3. The molecule has 1 aliphatic heterocycles. The van der Waals surface area contributed by atoms with Gasteiger partial charge in [0, 0.05) is 44.8 Å². The molecular formula is C14H20ClN3O. The molecule has 1 saturated heterocycles. The molecule has 2 rings (SSSR count). The number of halogens is 1. The smallest absolute Gasteiger partial charge is 0.236 e. The van der Waals surface area contributed by atoms with Gasteiger partial charge < -0.3 is 10.2 Å². The third-order valence-electron chi connectivity index (χ3n) is 3.36. The van der Waals surface area contributed by atoms with Crippen LogP contribution in [0.3, 0.4) is 0 Å². The Hall–Kier alpha value is -1.10. The van der Waals surface area contributed by atoms with Crippen LogP contribution in [0.5, 0.6) is 0 Å². The number of hydrogen-bond donors (Lipinski definition) is 1. The van der Waals surface area contributed by atoms with Gasteiger partial charge in [-0.25, -0.2) is 0 Å². The van der Waals surface area contributed by atoms with Crippen LogP contribution in [0.25, 0.3) is 0 Å². The second kappa shape index (κ2) is 6.89. The topological polar surface area (TPSA) is 35.6 Å². The van der Waals surface area contributed by atoms with Crippen molar-refractivity contribution in [2.45, 2.75) is 6.54 Å². The Bertz CT molecular complexity index is 432. The summed E-state index contributed by atoms with van der Waals surface area (Å²) in [6, 6.07) is 7.65. The van der Waals surface area contributed by atoms with Crippen molar-refractivity contribution in [2.75, 3.05) is 39.8 Å². The van der Waals surface area contributed by atoms with Crippen molar-refractivity contribution in [3.8, 4) is 0 Å². The number of piperazine rings is 1. The number of carbonyl (C=O) groups is 1. The zero-order valence-electron chi connectivity index (χ0n) is 11.2. The highest BCUT2D eigenvalue weighted by molar-refractivity contribution is 6.31. The second-order valence-electron chi connectivity index (χ2n) is 4.87. The summed E-state index contributed by atoms with van der Waals surface area (Å²) < 4.78 is 0. The molecule has 4 nitrogen and oxygen atoms in total. The summed E-state index contributed by atoms with van der Waals surface area (Å²) >= 11 is 6.11. The van der Waals surface area contributed by atoms with Crippen LogP contribution in [-0.4, -0.2) is 55.5 Å². The maximum Gasteiger partial charge on any atom is 0.236 e. The number of nitrogens with zero attached hydrogens (tertiary/aromatic N) is 2. The molecule has 5 heteroatoms. The number of amides is 1. The van der Waals surface area contributed by atoms with Gasteiger partial charge in [0.2, 0.25) is 5.91 Å². The molecule has 1 heterocycles. The average Bonchev–Trinajstić information content (AvgIpc) is 2.42. The highest BCUT2D eigenvalue weighted by atomic mass is 35.5. The summed E-state index contributed by atoms with van der Waals surface area (Å²) in [5.74, 6) is 0.141. The van der Waals surface area contributed by atoms with Crippen molar-refractivity contribution in [2.24, 2.45) is 0 Å². The maximum absolute atomic E-state index is 12.1. The van der Waals surface area contributed by atoms with Crippen LogP contribution in [0, 0.1) is 0 Å². The first-order chi connectivity index (χ1) is 9.16. The maximum atomic E-state index is 12.1. The van der Waals surface area contributed by atoms with E-state index in [1.165, 1.54) is 0 Å². The summed E-state index contributed by atoms with van der Waals surface area (Å²) in [4.78, 5) is 16.1. The Kier molecular flexibility index (Phi) is 5.19. The molecule has 0 radical (unpaired) electrons. The van der Waals surface area contributed by atoms with E-state index in [1.807, 2.05) is 31.3 Å². The van der Waals surface area contributed by atoms with Gasteiger partial charge in [0.1, 0.15) is 0 Å². The van der Waals surface area contributed by atoms with E-state index in [-0.39, 0.29) is 5.91 Å². The van der Waals surface area contributed by atoms with E-state index >= 15 is 0 Å². The predicted octanol–water partition coefficient (Wildman–Crippen LogP) is 1.20. The fourth-order valence-electron chi connectivity index (χ4n) is 2.15. The van der Waals surface area contributed by atoms with E-state index in [0.29, 0.717) is 18.1 Å². The lowest BCUT2D eigenvalue weighted by molar-refractivity contribution is -0.131. The molecule has 19 heavy (non-hydrogen) atoms. The Morgan fingerprint density at radius 2 is 2.05 bits per heavy atom. The number of likely N-dealkylation sites (N-methyl/N-ethyl adjacent to an activating group) is 1. The molecule has 0 aromatic heterocycles. The summed E-state index contributed by atoms with van der Waals surface area (Å²) in [5.41, 5.74) is 0.986. The molecule has 104 valence electrons. The Morgan fingerprint density at radius 3 is 2.74 bits per heavy atom. The molecular weight excluding hydrogens is 262 g/mol. The van der Waals surface area contributed by atoms with Crippen LogP contribution in [0.15, 0.2) is 24.3 Å². The third-order valence-corrected chi connectivity index (χ3v) is 3.73. The normalized spacial score (nSPS) is 16.3. The molecule has 0 spiro atoms. The molecule has 1 aromatic carbocycles. The van der Waals surface area contributed by atoms with E-state index in [0.717, 1.165) is 31.7 Å². The van der Waals surface area contributed by atoms with Gasteiger partial charge in [0.05, 0.1) is 6.54 Å². The summed E-state index contributed by atoms with van der Waals surface area (Å²) in [6.45, 7) is 4.84. The van der Waals surface area contributed by atoms with Crippen molar-refractivity contribution in [3.63, 3.8) is 0 Å². The minimum Gasteiger partial charge on any atom is -0.340 e. The average molecular weight is 282 g/mol. The van der Waals surface area contributed by atoms with Crippen LogP contribution in [0.1, 0.15) is 5.56 Å². The zero-order chi connectivity index (χ0) is 13.7. The molecule has 1 aromatic rings. The minimum atomic E-state index is 0.141. The van der Waals surface area contributed by atoms with Gasteiger partial charge in [-0.15, -0.1) is 0 Å². The molecule has 1 N–H and O–H groups in total. The lowest BCUT2D eigenvalue weighted by Gasteiger charge is -2.28. The number of nitrogens with one attached hydrogen (secondary N) is 1. The van der Waals surface area contributed by atoms with E-state index < -0.39 is 0 Å². The number of carbonyl (C=O) groups excluding carboxylic acids is 1. The Balaban J connectivity index is 1.87. The molecule has 1 fully saturated rings. The van der Waals surface area contributed by atoms with Gasteiger partial charge in [-0.05, 0) is 11.6 Å². The molecule has 1 amide bonds. The molecule has 0 saturated carbocycles. The minimum absolute atomic E-state index is 0.141. The van der Waals surface area contributed by atoms with Crippen LogP contribution >= 0.6 is 11.6 Å². The van der Waals surface area contributed by atoms with E-state index in [2.05, 4.69) is 10.2 Å². The van der Waals surface area contributed by atoms with Gasteiger partial charge >= 0.3 is 0 Å². The number of rotatable bonds is 4. The Morgan fingerprint density at radius 1 is 1.37 bits per heavy atom. The first-order valence-electron chi connectivity index (χ1n) is 6.57. The first-order valence-corrected chi connectivity index (χ1v) is 6.95. The largest absolute Gasteiger partial charge is 0.340 e. The molecule has 0 unspecified atom stereocenters. The number of hydrogen-bond acceptors (Lipinski definition) is 3. The summed E-state index contributed by atoms with van der Waals surface area (Å²) in [5, 5.41) is 3.99. The lowest BCUT2D eigenvalue weighted by atomic mass is 10.2. The van der Waals surface area contributed by atoms with Crippen molar-refractivity contribution in [1.29, 1.82) is 0 Å². The van der Waals surface area contributed by atoms with Crippen LogP contribution in [0.4, 0.5) is 0 Å². The van der Waals surface area contributed by atoms with Crippen LogP contribution in [-0.2, 0) is 11.3 Å². The van der Waals surface area contributed by atoms with Crippen molar-refractivity contribution >= 4 is 17.5 Å². The van der Waals surface area contributed by atoms with Crippen molar-refractivity contribution in [3.05, 3.63) is 34.9 Å². The fourth-order valence-corrected chi connectivity index (χ4v) is 2.35. The van der Waals surface area contributed by atoms with Crippen LogP contribution < -0.4 is 5.32 Å². The van der Waals surface area contributed by atoms with Gasteiger partial charge in [0.15, 0.2) is 0 Å². The highest BCUT2D eigenvalue weighted by Crippen LogP contribution is 2.16. The SMILES string of the molecule is CN(Cc1ccccc1Cl)C(=O)CN1CCNCC1. The van der Waals surface area contributed by atoms with E-state index in [1.54, 1.807) is 4.90 Å². The molecule has 0 atom stereocenters. The van der Waals surface area contributed by atoms with E-state index in [4.69, 9.17) is 11.6 Å². The molecule has 1 aliphatic rings. The molecule has 0 bridgehead atoms. The first kappa shape index (κ1) is 14.3. The second-order valence-corrected chi connectivity index (χ2v) is 5.27. The monoisotopic (exact) mass is 281 g/mol. The van der Waals surface area contributed by atoms with Gasteiger partial charge in [-0.3, -0.25) is 9.69 Å². The quantitative estimate of drug-likeness (QED) is 0.901. The third kappa shape index (κ3) is 4.20. The fraction of sp³-hybridized carbons (Fsp3) is 0.500. The zero-order valence-corrected chi connectivity index (χ0v) is 12.0. The Labute approximate surface area is 119 Å². The summed E-state index contributed by atoms with van der Waals surface area (Å²) in [6.07, 6.45) is 0.